The first-order chi connectivity index (χ1) is 8.29. The summed E-state index contributed by atoms with van der Waals surface area (Å²) in [6, 6.07) is 0. The molecule has 17 heavy (non-hydrogen) atoms. The zero-order valence-corrected chi connectivity index (χ0v) is 11.0. The number of hydrogen-bond acceptors (Lipinski definition) is 3. The average Bonchev–Trinajstić information content (AvgIpc) is 2.27. The summed E-state index contributed by atoms with van der Waals surface area (Å²) in [6.07, 6.45) is 8.04. The fourth-order valence-electron chi connectivity index (χ4n) is 2.07. The molecule has 0 aromatic carbocycles. The van der Waals surface area contributed by atoms with Crippen LogP contribution in [0.1, 0.15) is 52.4 Å². The molecule has 0 unspecified atom stereocenters. The Morgan fingerprint density at radius 1 is 1.18 bits per heavy atom. The highest BCUT2D eigenvalue weighted by Crippen LogP contribution is 2.19. The van der Waals surface area contributed by atoms with Gasteiger partial charge in [-0.1, -0.05) is 18.9 Å². The largest absolute Gasteiger partial charge is 0.346 e. The predicted octanol–water partition coefficient (Wildman–Crippen LogP) is 3.24. The van der Waals surface area contributed by atoms with E-state index in [4.69, 9.17) is 9.47 Å². The number of rotatable bonds is 6. The van der Waals surface area contributed by atoms with E-state index >= 15 is 0 Å². The molecule has 0 N–H and O–H groups in total. The maximum Gasteiger partial charge on any atom is 0.222 e. The lowest BCUT2D eigenvalue weighted by atomic mass is 9.97. The number of ketones is 1. The van der Waals surface area contributed by atoms with Gasteiger partial charge < -0.3 is 9.47 Å². The summed E-state index contributed by atoms with van der Waals surface area (Å²) in [5.74, 6) is 0.0237. The van der Waals surface area contributed by atoms with Crippen LogP contribution in [0.3, 0.4) is 0 Å². The molecular weight excluding hydrogens is 216 g/mol. The van der Waals surface area contributed by atoms with E-state index in [1.54, 1.807) is 0 Å². The molecule has 98 valence electrons. The molecule has 0 atom stereocenters. The van der Waals surface area contributed by atoms with Gasteiger partial charge >= 0.3 is 0 Å². The van der Waals surface area contributed by atoms with E-state index < -0.39 is 6.29 Å². The quantitative estimate of drug-likeness (QED) is 0.669. The lowest BCUT2D eigenvalue weighted by Crippen LogP contribution is -2.29. The molecule has 0 aromatic rings. The van der Waals surface area contributed by atoms with E-state index in [2.05, 4.69) is 6.08 Å². The molecule has 0 spiro atoms. The predicted molar refractivity (Wildman–Crippen MR) is 67.8 cm³/mol. The van der Waals surface area contributed by atoms with Crippen molar-refractivity contribution in [2.75, 3.05) is 13.2 Å². The molecule has 3 nitrogen and oxygen atoms in total. The number of allylic oxidation sites excluding steroid dienone is 1. The molecule has 0 radical (unpaired) electrons. The summed E-state index contributed by atoms with van der Waals surface area (Å²) in [6.45, 7) is 4.77. The minimum Gasteiger partial charge on any atom is -0.346 e. The first-order valence-electron chi connectivity index (χ1n) is 6.76. The van der Waals surface area contributed by atoms with E-state index in [1.165, 1.54) is 19.3 Å². The second kappa shape index (κ2) is 8.43. The van der Waals surface area contributed by atoms with Crippen molar-refractivity contribution in [1.29, 1.82) is 0 Å². The van der Waals surface area contributed by atoms with Gasteiger partial charge in [-0.3, -0.25) is 4.79 Å². The molecule has 0 saturated carbocycles. The summed E-state index contributed by atoms with van der Waals surface area (Å²) in [5.41, 5.74) is 0.900. The lowest BCUT2D eigenvalue weighted by Gasteiger charge is -2.18. The first-order valence-corrected chi connectivity index (χ1v) is 6.76. The highest BCUT2D eigenvalue weighted by molar-refractivity contribution is 5.97. The van der Waals surface area contributed by atoms with Crippen molar-refractivity contribution in [2.45, 2.75) is 58.7 Å². The highest BCUT2D eigenvalue weighted by atomic mass is 16.7. The van der Waals surface area contributed by atoms with E-state index in [9.17, 15) is 4.79 Å². The van der Waals surface area contributed by atoms with Crippen LogP contribution in [-0.4, -0.2) is 25.3 Å². The fourth-order valence-corrected chi connectivity index (χ4v) is 2.07. The molecule has 1 rings (SSSR count). The van der Waals surface area contributed by atoms with Crippen molar-refractivity contribution >= 4 is 5.78 Å². The van der Waals surface area contributed by atoms with Gasteiger partial charge in [0, 0.05) is 13.2 Å². The second-order valence-electron chi connectivity index (χ2n) is 4.29. The smallest absolute Gasteiger partial charge is 0.222 e. The van der Waals surface area contributed by atoms with Crippen LogP contribution in [0.15, 0.2) is 11.6 Å². The van der Waals surface area contributed by atoms with Gasteiger partial charge in [0.2, 0.25) is 12.1 Å². The van der Waals surface area contributed by atoms with Crippen LogP contribution in [0.4, 0.5) is 0 Å². The molecular formula is C14H24O3. The van der Waals surface area contributed by atoms with Crippen LogP contribution in [0.5, 0.6) is 0 Å². The number of carbonyl (C=O) groups is 1. The molecule has 1 aliphatic carbocycles. The molecule has 0 fully saturated rings. The molecule has 0 bridgehead atoms. The van der Waals surface area contributed by atoms with Crippen molar-refractivity contribution in [3.8, 4) is 0 Å². The molecule has 3 heteroatoms. The van der Waals surface area contributed by atoms with Crippen molar-refractivity contribution in [1.82, 2.24) is 0 Å². The monoisotopic (exact) mass is 240 g/mol. The van der Waals surface area contributed by atoms with Gasteiger partial charge in [0.05, 0.1) is 0 Å². The zero-order valence-electron chi connectivity index (χ0n) is 11.0. The van der Waals surface area contributed by atoms with Crippen molar-refractivity contribution in [2.24, 2.45) is 0 Å². The molecule has 0 aliphatic heterocycles. The fraction of sp³-hybridized carbons (Fsp3) is 0.786. The topological polar surface area (TPSA) is 35.5 Å². The van der Waals surface area contributed by atoms with Crippen LogP contribution in [0.2, 0.25) is 0 Å². The first kappa shape index (κ1) is 14.4. The molecule has 1 aliphatic rings. The third kappa shape index (κ3) is 5.00. The Balaban J connectivity index is 2.62. The SMILES string of the molecule is CCOC(OCC)C(=O)C1=CCCCCCC1. The average molecular weight is 240 g/mol. The molecule has 0 aromatic heterocycles. The van der Waals surface area contributed by atoms with Gasteiger partial charge in [0.15, 0.2) is 0 Å². The molecule has 0 saturated heterocycles. The van der Waals surface area contributed by atoms with E-state index in [0.717, 1.165) is 24.8 Å². The standard InChI is InChI=1S/C14H24O3/c1-3-16-14(17-4-2)13(15)12-10-8-6-5-7-9-11-12/h10,14H,3-9,11H2,1-2H3. The Hall–Kier alpha value is -0.670. The summed E-state index contributed by atoms with van der Waals surface area (Å²) < 4.78 is 10.7. The van der Waals surface area contributed by atoms with Gasteiger partial charge in [-0.05, 0) is 45.1 Å². The Morgan fingerprint density at radius 2 is 1.82 bits per heavy atom. The number of Topliss-reactive ketones (excluding diaryl/α,β-unsaturated/α-hetero) is 1. The summed E-state index contributed by atoms with van der Waals surface area (Å²) >= 11 is 0. The minimum atomic E-state index is -0.698. The van der Waals surface area contributed by atoms with Crippen molar-refractivity contribution in [3.05, 3.63) is 11.6 Å². The van der Waals surface area contributed by atoms with Crippen LogP contribution >= 0.6 is 0 Å². The highest BCUT2D eigenvalue weighted by Gasteiger charge is 2.22. The van der Waals surface area contributed by atoms with Crippen LogP contribution in [0, 0.1) is 0 Å². The van der Waals surface area contributed by atoms with Gasteiger partial charge in [0.1, 0.15) is 0 Å². The van der Waals surface area contributed by atoms with Crippen LogP contribution < -0.4 is 0 Å². The number of hydrogen-bond donors (Lipinski definition) is 0. The molecule has 0 heterocycles. The maximum absolute atomic E-state index is 12.2. The lowest BCUT2D eigenvalue weighted by molar-refractivity contribution is -0.164. The number of ether oxygens (including phenoxy) is 2. The summed E-state index contributed by atoms with van der Waals surface area (Å²) in [7, 11) is 0. The van der Waals surface area contributed by atoms with Crippen LogP contribution in [-0.2, 0) is 14.3 Å². The minimum absolute atomic E-state index is 0.0237. The second-order valence-corrected chi connectivity index (χ2v) is 4.29. The summed E-state index contributed by atoms with van der Waals surface area (Å²) in [4.78, 5) is 12.2. The third-order valence-corrected chi connectivity index (χ3v) is 2.96. The van der Waals surface area contributed by atoms with Gasteiger partial charge in [-0.2, -0.15) is 0 Å². The Bertz CT molecular complexity index is 252. The van der Waals surface area contributed by atoms with Gasteiger partial charge in [-0.15, -0.1) is 0 Å². The van der Waals surface area contributed by atoms with E-state index in [1.807, 2.05) is 13.8 Å². The maximum atomic E-state index is 12.2. The summed E-state index contributed by atoms with van der Waals surface area (Å²) in [5, 5.41) is 0. The van der Waals surface area contributed by atoms with Crippen molar-refractivity contribution < 1.29 is 14.3 Å². The van der Waals surface area contributed by atoms with Gasteiger partial charge in [0.25, 0.3) is 0 Å². The van der Waals surface area contributed by atoms with E-state index in [-0.39, 0.29) is 5.78 Å². The van der Waals surface area contributed by atoms with Gasteiger partial charge in [-0.25, -0.2) is 0 Å². The van der Waals surface area contributed by atoms with Crippen LogP contribution in [0.25, 0.3) is 0 Å². The van der Waals surface area contributed by atoms with Crippen molar-refractivity contribution in [3.63, 3.8) is 0 Å². The third-order valence-electron chi connectivity index (χ3n) is 2.96. The number of carbonyl (C=O) groups excluding carboxylic acids is 1. The normalized spacial score (nSPS) is 17.5. The zero-order chi connectivity index (χ0) is 12.5. The molecule has 0 amide bonds. The Kier molecular flexibility index (Phi) is 7.13. The Morgan fingerprint density at radius 3 is 2.47 bits per heavy atom. The Labute approximate surface area is 104 Å². The van der Waals surface area contributed by atoms with E-state index in [0.29, 0.717) is 13.2 Å².